The first-order valence-corrected chi connectivity index (χ1v) is 15.8. The highest BCUT2D eigenvalue weighted by Crippen LogP contribution is 2.37. The summed E-state index contributed by atoms with van der Waals surface area (Å²) in [5.41, 5.74) is -0.137. The number of ether oxygens (including phenoxy) is 4. The van der Waals surface area contributed by atoms with E-state index in [1.807, 2.05) is 0 Å². The Morgan fingerprint density at radius 2 is 1.74 bits per heavy atom. The molecule has 0 saturated carbocycles. The first-order valence-electron chi connectivity index (χ1n) is 15.8. The molecule has 0 atom stereocenters. The molecule has 5 aromatic rings. The number of carbonyl (C=O) groups excluding carboxylic acids is 1. The number of anilines is 1. The van der Waals surface area contributed by atoms with Crippen molar-refractivity contribution in [2.24, 2.45) is 7.05 Å². The van der Waals surface area contributed by atoms with Crippen LogP contribution in [0.1, 0.15) is 35.3 Å². The highest BCUT2D eigenvalue weighted by molar-refractivity contribution is 6.07. The van der Waals surface area contributed by atoms with Gasteiger partial charge in [-0.25, -0.2) is 14.4 Å². The SMILES string of the molecule is COc1cc2c(Oc3ccc(NC(=O)c4c(C)n(C)c5ccc(OC(F)(F)F)cc5c4=O)cc3F)ncnc2cc1OCCN1CCCCC1. The van der Waals surface area contributed by atoms with Gasteiger partial charge in [0.05, 0.1) is 28.9 Å². The molecule has 1 aliphatic heterocycles. The fourth-order valence-electron chi connectivity index (χ4n) is 5.92. The lowest BCUT2D eigenvalue weighted by Gasteiger charge is -2.26. The van der Waals surface area contributed by atoms with E-state index in [1.54, 1.807) is 19.2 Å². The van der Waals surface area contributed by atoms with Crippen LogP contribution in [-0.2, 0) is 7.05 Å². The Hall–Kier alpha value is -5.44. The molecule has 15 heteroatoms. The first-order chi connectivity index (χ1) is 23.9. The minimum atomic E-state index is -4.97. The number of fused-ring (bicyclic) bond motifs is 2. The van der Waals surface area contributed by atoms with E-state index in [0.717, 1.165) is 37.8 Å². The number of nitrogens with zero attached hydrogens (tertiary/aromatic N) is 4. The second kappa shape index (κ2) is 14.2. The number of amides is 1. The minimum Gasteiger partial charge on any atom is -0.493 e. The van der Waals surface area contributed by atoms with Crippen molar-refractivity contribution in [2.45, 2.75) is 32.5 Å². The number of hydrogen-bond acceptors (Lipinski definition) is 9. The predicted octanol–water partition coefficient (Wildman–Crippen LogP) is 6.75. The number of piperidine rings is 1. The second-order valence-electron chi connectivity index (χ2n) is 11.7. The lowest BCUT2D eigenvalue weighted by Crippen LogP contribution is -2.33. The van der Waals surface area contributed by atoms with E-state index < -0.39 is 29.3 Å². The monoisotopic (exact) mass is 695 g/mol. The molecule has 6 rings (SSSR count). The molecule has 50 heavy (non-hydrogen) atoms. The molecular weight excluding hydrogens is 662 g/mol. The molecule has 1 fully saturated rings. The van der Waals surface area contributed by atoms with Gasteiger partial charge in [-0.2, -0.15) is 0 Å². The number of alkyl halides is 3. The number of carbonyl (C=O) groups is 1. The standard InChI is InChI=1S/C35H33F4N5O6/c1-20-31(32(45)24-16-22(50-35(37,38)39)8-9-27(24)43(20)2)33(46)42-21-7-10-28(25(36)15-21)49-34-23-17-29(47-3)30(18-26(23)40-19-41-34)48-14-13-44-11-5-4-6-12-44/h7-10,15-19H,4-6,11-14H2,1-3H3,(H,42,46). The van der Waals surface area contributed by atoms with Crippen LogP contribution >= 0.6 is 0 Å². The number of benzene rings is 3. The summed E-state index contributed by atoms with van der Waals surface area (Å²) in [6.45, 7) is 4.87. The summed E-state index contributed by atoms with van der Waals surface area (Å²) in [5.74, 6) is -1.58. The topological polar surface area (TPSA) is 117 Å². The van der Waals surface area contributed by atoms with Crippen molar-refractivity contribution in [3.8, 4) is 28.9 Å². The van der Waals surface area contributed by atoms with E-state index in [1.165, 1.54) is 62.4 Å². The predicted molar refractivity (Wildman–Crippen MR) is 177 cm³/mol. The molecule has 1 aliphatic rings. The minimum absolute atomic E-state index is 0.00360. The third-order valence-corrected chi connectivity index (χ3v) is 8.52. The number of nitrogens with one attached hydrogen (secondary N) is 1. The Labute approximate surface area is 283 Å². The largest absolute Gasteiger partial charge is 0.573 e. The van der Waals surface area contributed by atoms with Crippen LogP contribution in [0.4, 0.5) is 23.2 Å². The molecule has 3 heterocycles. The van der Waals surface area contributed by atoms with E-state index >= 15 is 4.39 Å². The van der Waals surface area contributed by atoms with E-state index in [2.05, 4.69) is 24.9 Å². The molecule has 0 unspecified atom stereocenters. The average molecular weight is 696 g/mol. The lowest BCUT2D eigenvalue weighted by atomic mass is 10.1. The number of methoxy groups -OCH3 is 1. The van der Waals surface area contributed by atoms with Crippen molar-refractivity contribution in [3.05, 3.63) is 82.2 Å². The van der Waals surface area contributed by atoms with Gasteiger partial charge in [-0.3, -0.25) is 14.5 Å². The van der Waals surface area contributed by atoms with Crippen LogP contribution in [0.2, 0.25) is 0 Å². The molecule has 1 N–H and O–H groups in total. The van der Waals surface area contributed by atoms with Crippen LogP contribution in [0.3, 0.4) is 0 Å². The van der Waals surface area contributed by atoms with Crippen molar-refractivity contribution >= 4 is 33.4 Å². The van der Waals surface area contributed by atoms with Gasteiger partial charge < -0.3 is 28.8 Å². The number of hydrogen-bond donors (Lipinski definition) is 1. The number of rotatable bonds is 10. The summed E-state index contributed by atoms with van der Waals surface area (Å²) < 4.78 is 76.6. The average Bonchev–Trinajstić information content (AvgIpc) is 3.08. The Morgan fingerprint density at radius 1 is 0.960 bits per heavy atom. The van der Waals surface area contributed by atoms with Gasteiger partial charge >= 0.3 is 6.36 Å². The number of aromatic nitrogens is 3. The van der Waals surface area contributed by atoms with Crippen molar-refractivity contribution < 1.29 is 41.3 Å². The summed E-state index contributed by atoms with van der Waals surface area (Å²) in [7, 11) is 3.06. The molecule has 0 aliphatic carbocycles. The third-order valence-electron chi connectivity index (χ3n) is 8.52. The Morgan fingerprint density at radius 3 is 2.46 bits per heavy atom. The van der Waals surface area contributed by atoms with E-state index in [-0.39, 0.29) is 39.5 Å². The highest BCUT2D eigenvalue weighted by Gasteiger charge is 2.31. The van der Waals surface area contributed by atoms with Gasteiger partial charge in [0.15, 0.2) is 23.1 Å². The van der Waals surface area contributed by atoms with Crippen molar-refractivity contribution in [2.75, 3.05) is 38.7 Å². The summed E-state index contributed by atoms with van der Waals surface area (Å²) in [4.78, 5) is 37.5. The number of halogens is 4. The maximum Gasteiger partial charge on any atom is 0.573 e. The summed E-state index contributed by atoms with van der Waals surface area (Å²) in [6, 6.07) is 10.3. The zero-order valence-corrected chi connectivity index (χ0v) is 27.4. The van der Waals surface area contributed by atoms with Gasteiger partial charge in [-0.1, -0.05) is 6.42 Å². The van der Waals surface area contributed by atoms with Gasteiger partial charge in [0.2, 0.25) is 11.3 Å². The van der Waals surface area contributed by atoms with E-state index in [4.69, 9.17) is 14.2 Å². The number of pyridine rings is 1. The van der Waals surface area contributed by atoms with Crippen LogP contribution in [0, 0.1) is 12.7 Å². The molecule has 2 aromatic heterocycles. The Balaban J connectivity index is 1.20. The van der Waals surface area contributed by atoms with Crippen LogP contribution in [0.15, 0.2) is 59.7 Å². The normalized spacial score (nSPS) is 13.7. The highest BCUT2D eigenvalue weighted by atomic mass is 19.4. The first kappa shape index (κ1) is 34.4. The van der Waals surface area contributed by atoms with E-state index in [9.17, 15) is 22.8 Å². The fourth-order valence-corrected chi connectivity index (χ4v) is 5.92. The molecule has 262 valence electrons. The molecule has 0 spiro atoms. The fraction of sp³-hybridized carbons (Fsp3) is 0.314. The zero-order valence-electron chi connectivity index (χ0n) is 27.4. The molecule has 1 amide bonds. The maximum atomic E-state index is 15.4. The van der Waals surface area contributed by atoms with Gasteiger partial charge in [0, 0.05) is 37.1 Å². The lowest BCUT2D eigenvalue weighted by molar-refractivity contribution is -0.274. The summed E-state index contributed by atoms with van der Waals surface area (Å²) in [6.07, 6.45) is -0.0859. The molecule has 0 bridgehead atoms. The maximum absolute atomic E-state index is 15.4. The zero-order chi connectivity index (χ0) is 35.6. The van der Waals surface area contributed by atoms with Crippen molar-refractivity contribution in [1.82, 2.24) is 19.4 Å². The smallest absolute Gasteiger partial charge is 0.493 e. The Kier molecular flexibility index (Phi) is 9.77. The quantitative estimate of drug-likeness (QED) is 0.159. The van der Waals surface area contributed by atoms with Crippen LogP contribution < -0.4 is 29.7 Å². The Bertz CT molecular complexity index is 2130. The second-order valence-corrected chi connectivity index (χ2v) is 11.7. The van der Waals surface area contributed by atoms with Gasteiger partial charge in [-0.05, 0) is 69.3 Å². The number of likely N-dealkylation sites (tertiary alicyclic amines) is 1. The summed E-state index contributed by atoms with van der Waals surface area (Å²) >= 11 is 0. The van der Waals surface area contributed by atoms with E-state index in [0.29, 0.717) is 29.0 Å². The molecule has 1 saturated heterocycles. The molecular formula is C35H33F4N5O6. The van der Waals surface area contributed by atoms with Crippen LogP contribution in [0.5, 0.6) is 28.9 Å². The molecule has 0 radical (unpaired) electrons. The van der Waals surface area contributed by atoms with Crippen LogP contribution in [-0.4, -0.2) is 65.1 Å². The van der Waals surface area contributed by atoms with Gasteiger partial charge in [0.1, 0.15) is 24.2 Å². The van der Waals surface area contributed by atoms with Gasteiger partial charge in [-0.15, -0.1) is 13.2 Å². The third kappa shape index (κ3) is 7.42. The van der Waals surface area contributed by atoms with Crippen molar-refractivity contribution in [3.63, 3.8) is 0 Å². The summed E-state index contributed by atoms with van der Waals surface area (Å²) in [5, 5.41) is 2.77. The molecule has 3 aromatic carbocycles. The van der Waals surface area contributed by atoms with Crippen LogP contribution in [0.25, 0.3) is 21.8 Å². The van der Waals surface area contributed by atoms with Gasteiger partial charge in [0.25, 0.3) is 5.91 Å². The van der Waals surface area contributed by atoms with Crippen molar-refractivity contribution in [1.29, 1.82) is 0 Å². The molecule has 11 nitrogen and oxygen atoms in total. The number of aryl methyl sites for hydroxylation is 1.